The SMILES string of the molecule is O=C([C@@H]1COc2cc(S(=O)(=O)N3CCN(Cc4ccccc4)CC3)ccc2O1)N1CCCCC1. The zero-order chi connectivity index (χ0) is 23.5. The molecule has 5 rings (SSSR count). The maximum Gasteiger partial charge on any atom is 0.267 e. The number of nitrogens with zero attached hydrogens (tertiary/aromatic N) is 3. The number of ether oxygens (including phenoxy) is 2. The minimum absolute atomic E-state index is 0.0598. The molecule has 34 heavy (non-hydrogen) atoms. The third-order valence-corrected chi connectivity index (χ3v) is 8.63. The molecular weight excluding hydrogens is 454 g/mol. The van der Waals surface area contributed by atoms with Crippen LogP contribution < -0.4 is 9.47 Å². The molecule has 0 radical (unpaired) electrons. The van der Waals surface area contributed by atoms with Crippen LogP contribution in [0.1, 0.15) is 24.8 Å². The monoisotopic (exact) mass is 485 g/mol. The standard InChI is InChI=1S/C25H31N3O5S/c29-25(27-11-5-2-6-12-27)24-19-32-23-17-21(9-10-22(23)33-24)34(30,31)28-15-13-26(14-16-28)18-20-7-3-1-4-8-20/h1,3-4,7-10,17,24H,2,5-6,11-16,18-19H2/t24-/m0/s1. The fourth-order valence-electron chi connectivity index (χ4n) is 4.77. The summed E-state index contributed by atoms with van der Waals surface area (Å²) in [5.41, 5.74) is 1.22. The van der Waals surface area contributed by atoms with Gasteiger partial charge < -0.3 is 14.4 Å². The van der Waals surface area contributed by atoms with Crippen molar-refractivity contribution in [2.75, 3.05) is 45.9 Å². The molecule has 3 heterocycles. The Labute approximate surface area is 201 Å². The van der Waals surface area contributed by atoms with E-state index in [4.69, 9.17) is 9.47 Å². The topological polar surface area (TPSA) is 79.4 Å². The van der Waals surface area contributed by atoms with Gasteiger partial charge >= 0.3 is 0 Å². The Hall–Kier alpha value is -2.62. The summed E-state index contributed by atoms with van der Waals surface area (Å²) in [4.78, 5) is 17.0. The number of piperazine rings is 1. The molecule has 8 nitrogen and oxygen atoms in total. The molecule has 2 aromatic rings. The van der Waals surface area contributed by atoms with Crippen LogP contribution >= 0.6 is 0 Å². The predicted molar refractivity (Wildman–Crippen MR) is 127 cm³/mol. The first-order valence-corrected chi connectivity index (χ1v) is 13.4. The molecule has 3 aliphatic heterocycles. The normalized spacial score (nSPS) is 21.9. The van der Waals surface area contributed by atoms with Crippen molar-refractivity contribution in [3.63, 3.8) is 0 Å². The van der Waals surface area contributed by atoms with Gasteiger partial charge in [0, 0.05) is 51.9 Å². The van der Waals surface area contributed by atoms with Crippen molar-refractivity contribution in [3.05, 3.63) is 54.1 Å². The summed E-state index contributed by atoms with van der Waals surface area (Å²) in [7, 11) is -3.64. The number of carbonyl (C=O) groups is 1. The second-order valence-corrected chi connectivity index (χ2v) is 11.0. The molecule has 2 fully saturated rings. The maximum absolute atomic E-state index is 13.3. The van der Waals surface area contributed by atoms with Crippen LogP contribution in [-0.4, -0.2) is 80.4 Å². The van der Waals surface area contributed by atoms with Crippen molar-refractivity contribution in [1.29, 1.82) is 0 Å². The summed E-state index contributed by atoms with van der Waals surface area (Å²) < 4.78 is 39.8. The lowest BCUT2D eigenvalue weighted by atomic mass is 10.1. The van der Waals surface area contributed by atoms with E-state index in [1.165, 1.54) is 15.9 Å². The summed E-state index contributed by atoms with van der Waals surface area (Å²) in [5, 5.41) is 0. The van der Waals surface area contributed by atoms with Gasteiger partial charge in [-0.05, 0) is 37.0 Å². The van der Waals surface area contributed by atoms with Crippen LogP contribution in [0.2, 0.25) is 0 Å². The van der Waals surface area contributed by atoms with Crippen molar-refractivity contribution >= 4 is 15.9 Å². The fraction of sp³-hybridized carbons (Fsp3) is 0.480. The van der Waals surface area contributed by atoms with Crippen molar-refractivity contribution in [3.8, 4) is 11.5 Å². The Kier molecular flexibility index (Phi) is 6.76. The maximum atomic E-state index is 13.3. The van der Waals surface area contributed by atoms with Crippen LogP contribution in [0, 0.1) is 0 Å². The van der Waals surface area contributed by atoms with Crippen LogP contribution in [0.5, 0.6) is 11.5 Å². The van der Waals surface area contributed by atoms with E-state index in [-0.39, 0.29) is 17.4 Å². The molecule has 0 aromatic heterocycles. The first-order valence-electron chi connectivity index (χ1n) is 12.0. The lowest BCUT2D eigenvalue weighted by Crippen LogP contribution is -2.48. The predicted octanol–water partition coefficient (Wildman–Crippen LogP) is 2.35. The van der Waals surface area contributed by atoms with Gasteiger partial charge in [-0.15, -0.1) is 0 Å². The van der Waals surface area contributed by atoms with Gasteiger partial charge in [0.2, 0.25) is 16.1 Å². The molecule has 1 amide bonds. The van der Waals surface area contributed by atoms with E-state index in [1.54, 1.807) is 12.1 Å². The van der Waals surface area contributed by atoms with E-state index in [9.17, 15) is 13.2 Å². The first-order chi connectivity index (χ1) is 16.5. The summed E-state index contributed by atoms with van der Waals surface area (Å²) in [6.07, 6.45) is 2.48. The largest absolute Gasteiger partial charge is 0.485 e. The van der Waals surface area contributed by atoms with Crippen LogP contribution in [0.15, 0.2) is 53.4 Å². The fourth-order valence-corrected chi connectivity index (χ4v) is 6.21. The Morgan fingerprint density at radius 1 is 0.882 bits per heavy atom. The van der Waals surface area contributed by atoms with E-state index in [0.717, 1.165) is 38.9 Å². The molecule has 0 saturated carbocycles. The molecule has 182 valence electrons. The number of sulfonamides is 1. The van der Waals surface area contributed by atoms with Crippen molar-refractivity contribution in [2.24, 2.45) is 0 Å². The number of benzene rings is 2. The summed E-state index contributed by atoms with van der Waals surface area (Å²) in [6.45, 7) is 4.65. The summed E-state index contributed by atoms with van der Waals surface area (Å²) in [6, 6.07) is 14.9. The Bertz CT molecular complexity index is 1110. The molecular formula is C25H31N3O5S. The van der Waals surface area contributed by atoms with Gasteiger partial charge in [0.25, 0.3) is 5.91 Å². The molecule has 0 aliphatic carbocycles. The molecule has 2 aromatic carbocycles. The van der Waals surface area contributed by atoms with Gasteiger partial charge in [-0.25, -0.2) is 8.42 Å². The minimum Gasteiger partial charge on any atom is -0.485 e. The lowest BCUT2D eigenvalue weighted by molar-refractivity contribution is -0.142. The number of rotatable bonds is 5. The molecule has 0 N–H and O–H groups in total. The van der Waals surface area contributed by atoms with Gasteiger partial charge in [0.1, 0.15) is 6.61 Å². The van der Waals surface area contributed by atoms with Gasteiger partial charge in [-0.2, -0.15) is 4.31 Å². The van der Waals surface area contributed by atoms with E-state index >= 15 is 0 Å². The molecule has 2 saturated heterocycles. The zero-order valence-electron chi connectivity index (χ0n) is 19.3. The Balaban J connectivity index is 1.21. The number of carbonyl (C=O) groups excluding carboxylic acids is 1. The highest BCUT2D eigenvalue weighted by molar-refractivity contribution is 7.89. The third-order valence-electron chi connectivity index (χ3n) is 6.74. The minimum atomic E-state index is -3.64. The number of amides is 1. The number of hydrogen-bond donors (Lipinski definition) is 0. The zero-order valence-corrected chi connectivity index (χ0v) is 20.1. The highest BCUT2D eigenvalue weighted by atomic mass is 32.2. The molecule has 0 bridgehead atoms. The number of fused-ring (bicyclic) bond motifs is 1. The number of piperidine rings is 1. The van der Waals surface area contributed by atoms with Gasteiger partial charge in [0.05, 0.1) is 4.90 Å². The van der Waals surface area contributed by atoms with Crippen LogP contribution in [0.4, 0.5) is 0 Å². The second kappa shape index (κ2) is 9.93. The highest BCUT2D eigenvalue weighted by Crippen LogP contribution is 2.35. The Morgan fingerprint density at radius 3 is 2.35 bits per heavy atom. The smallest absolute Gasteiger partial charge is 0.267 e. The molecule has 3 aliphatic rings. The van der Waals surface area contributed by atoms with Gasteiger partial charge in [-0.3, -0.25) is 9.69 Å². The van der Waals surface area contributed by atoms with Crippen molar-refractivity contribution in [1.82, 2.24) is 14.1 Å². The molecule has 1 atom stereocenters. The number of likely N-dealkylation sites (tertiary alicyclic amines) is 1. The van der Waals surface area contributed by atoms with Crippen molar-refractivity contribution < 1.29 is 22.7 Å². The van der Waals surface area contributed by atoms with Crippen LogP contribution in [0.3, 0.4) is 0 Å². The molecule has 0 spiro atoms. The Morgan fingerprint density at radius 2 is 1.62 bits per heavy atom. The second-order valence-electron chi connectivity index (χ2n) is 9.08. The first kappa shape index (κ1) is 23.1. The van der Waals surface area contributed by atoms with E-state index in [2.05, 4.69) is 17.0 Å². The van der Waals surface area contributed by atoms with Gasteiger partial charge in [0.15, 0.2) is 11.5 Å². The third kappa shape index (κ3) is 4.92. The van der Waals surface area contributed by atoms with E-state index in [0.29, 0.717) is 37.7 Å². The lowest BCUT2D eigenvalue weighted by Gasteiger charge is -2.34. The number of hydrogen-bond acceptors (Lipinski definition) is 6. The van der Waals surface area contributed by atoms with Crippen LogP contribution in [-0.2, 0) is 21.4 Å². The summed E-state index contributed by atoms with van der Waals surface area (Å²) in [5.74, 6) is 0.718. The highest BCUT2D eigenvalue weighted by Gasteiger charge is 2.34. The van der Waals surface area contributed by atoms with Crippen LogP contribution in [0.25, 0.3) is 0 Å². The average molecular weight is 486 g/mol. The average Bonchev–Trinajstić information content (AvgIpc) is 2.89. The quantitative estimate of drug-likeness (QED) is 0.647. The molecule has 0 unspecified atom stereocenters. The molecule has 9 heteroatoms. The van der Waals surface area contributed by atoms with Crippen molar-refractivity contribution in [2.45, 2.75) is 36.8 Å². The summed E-state index contributed by atoms with van der Waals surface area (Å²) >= 11 is 0. The van der Waals surface area contributed by atoms with E-state index < -0.39 is 16.1 Å². The van der Waals surface area contributed by atoms with E-state index in [1.807, 2.05) is 23.1 Å². The van der Waals surface area contributed by atoms with Gasteiger partial charge in [-0.1, -0.05) is 30.3 Å².